The standard InChI is InChI=1S/C21H33O4P/c1-2-21(14-8-15-21)20(23)11-7-9-17-12-13-19(22)18(17)10-5-3-4-6-16-26(24)25/h7,9,12-13,17-18,20,23H,2-6,8,10-11,14-16H2,1H3/p+1/b9-7+/t17-,18+,20?/m0/s1. The lowest BCUT2D eigenvalue weighted by Gasteiger charge is -2.45. The van der Waals surface area contributed by atoms with Crippen molar-refractivity contribution in [3.8, 4) is 0 Å². The summed E-state index contributed by atoms with van der Waals surface area (Å²) in [7, 11) is -2.01. The van der Waals surface area contributed by atoms with Crippen molar-refractivity contribution < 1.29 is 19.4 Å². The van der Waals surface area contributed by atoms with Gasteiger partial charge in [0, 0.05) is 11.8 Å². The van der Waals surface area contributed by atoms with E-state index in [2.05, 4.69) is 19.1 Å². The molecule has 2 unspecified atom stereocenters. The van der Waals surface area contributed by atoms with Crippen LogP contribution in [-0.4, -0.2) is 28.0 Å². The first-order valence-electron chi connectivity index (χ1n) is 10.2. The van der Waals surface area contributed by atoms with Gasteiger partial charge in [-0.25, -0.2) is 0 Å². The number of carbonyl (C=O) groups excluding carboxylic acids is 1. The van der Waals surface area contributed by atoms with Gasteiger partial charge in [0.05, 0.1) is 6.10 Å². The molecule has 146 valence electrons. The Morgan fingerprint density at radius 3 is 2.65 bits per heavy atom. The highest BCUT2D eigenvalue weighted by Gasteiger charge is 2.41. The molecule has 2 N–H and O–H groups in total. The number of aliphatic hydroxyl groups is 1. The SMILES string of the molecule is CCC1(C(O)C/C=C/[C@H]2C=CC(=O)[C@@H]2CCCCCC[P+](=O)O)CCC1. The first-order valence-corrected chi connectivity index (χ1v) is 11.6. The van der Waals surface area contributed by atoms with Crippen LogP contribution >= 0.6 is 8.03 Å². The molecule has 2 aliphatic carbocycles. The number of unbranched alkanes of at least 4 members (excludes halogenated alkanes) is 3. The van der Waals surface area contributed by atoms with Gasteiger partial charge in [-0.1, -0.05) is 44.4 Å². The molecule has 0 heterocycles. The Bertz CT molecular complexity index is 531. The van der Waals surface area contributed by atoms with Gasteiger partial charge in [0.2, 0.25) is 0 Å². The number of carbonyl (C=O) groups is 1. The van der Waals surface area contributed by atoms with E-state index in [1.807, 2.05) is 6.08 Å². The molecule has 0 spiro atoms. The highest BCUT2D eigenvalue weighted by Crippen LogP contribution is 2.47. The van der Waals surface area contributed by atoms with E-state index >= 15 is 0 Å². The maximum absolute atomic E-state index is 12.1. The first kappa shape index (κ1) is 21.5. The summed E-state index contributed by atoms with van der Waals surface area (Å²) in [5.74, 6) is 0.393. The fourth-order valence-electron chi connectivity index (χ4n) is 4.32. The molecular weight excluding hydrogens is 347 g/mol. The Labute approximate surface area is 158 Å². The average Bonchev–Trinajstić information content (AvgIpc) is 2.90. The molecule has 4 nitrogen and oxygen atoms in total. The maximum atomic E-state index is 12.1. The minimum absolute atomic E-state index is 0.0294. The largest absolute Gasteiger partial charge is 0.505 e. The summed E-state index contributed by atoms with van der Waals surface area (Å²) >= 11 is 0. The summed E-state index contributed by atoms with van der Waals surface area (Å²) < 4.78 is 10.6. The van der Waals surface area contributed by atoms with Crippen molar-refractivity contribution in [1.82, 2.24) is 0 Å². The smallest absolute Gasteiger partial charge is 0.392 e. The van der Waals surface area contributed by atoms with Crippen LogP contribution in [0.3, 0.4) is 0 Å². The van der Waals surface area contributed by atoms with E-state index in [0.29, 0.717) is 12.6 Å². The van der Waals surface area contributed by atoms with Gasteiger partial charge < -0.3 is 5.11 Å². The average molecular weight is 381 g/mol. The fourth-order valence-corrected chi connectivity index (χ4v) is 4.81. The lowest BCUT2D eigenvalue weighted by molar-refractivity contribution is -0.118. The summed E-state index contributed by atoms with van der Waals surface area (Å²) in [5, 5.41) is 10.5. The summed E-state index contributed by atoms with van der Waals surface area (Å²) in [6, 6.07) is 0. The predicted molar refractivity (Wildman–Crippen MR) is 105 cm³/mol. The van der Waals surface area contributed by atoms with Gasteiger partial charge in [0.1, 0.15) is 0 Å². The summed E-state index contributed by atoms with van der Waals surface area (Å²) in [6.07, 6.45) is 17.8. The van der Waals surface area contributed by atoms with Crippen molar-refractivity contribution >= 4 is 13.8 Å². The molecule has 0 radical (unpaired) electrons. The molecule has 0 amide bonds. The first-order chi connectivity index (χ1) is 12.5. The summed E-state index contributed by atoms with van der Waals surface area (Å²) in [4.78, 5) is 20.9. The predicted octanol–water partition coefficient (Wildman–Crippen LogP) is 4.93. The second kappa shape index (κ2) is 10.5. The number of hydrogen-bond donors (Lipinski definition) is 2. The minimum Gasteiger partial charge on any atom is -0.392 e. The highest BCUT2D eigenvalue weighted by molar-refractivity contribution is 7.37. The van der Waals surface area contributed by atoms with Gasteiger partial charge in [-0.2, -0.15) is 4.89 Å². The number of aliphatic hydroxyl groups excluding tert-OH is 1. The molecule has 1 saturated carbocycles. The molecule has 0 aliphatic heterocycles. The molecular formula is C21H34O4P+. The van der Waals surface area contributed by atoms with E-state index in [1.54, 1.807) is 6.08 Å². The van der Waals surface area contributed by atoms with Crippen molar-refractivity contribution in [2.75, 3.05) is 6.16 Å². The molecule has 2 rings (SSSR count). The van der Waals surface area contributed by atoms with Crippen LogP contribution in [-0.2, 0) is 9.36 Å². The van der Waals surface area contributed by atoms with Gasteiger partial charge in [-0.3, -0.25) is 4.79 Å². The van der Waals surface area contributed by atoms with Gasteiger partial charge in [0.15, 0.2) is 11.9 Å². The molecule has 0 bridgehead atoms. The lowest BCUT2D eigenvalue weighted by atomic mass is 9.63. The lowest BCUT2D eigenvalue weighted by Crippen LogP contribution is -2.40. The molecule has 4 atom stereocenters. The quantitative estimate of drug-likeness (QED) is 0.285. The summed E-state index contributed by atoms with van der Waals surface area (Å²) in [6.45, 7) is 2.17. The van der Waals surface area contributed by atoms with Crippen LogP contribution in [0.1, 0.15) is 71.1 Å². The minimum atomic E-state index is -2.01. The van der Waals surface area contributed by atoms with Crippen molar-refractivity contribution in [2.45, 2.75) is 77.2 Å². The molecule has 0 saturated heterocycles. The van der Waals surface area contributed by atoms with Crippen LogP contribution in [0.4, 0.5) is 0 Å². The van der Waals surface area contributed by atoms with Crippen LogP contribution in [0, 0.1) is 17.3 Å². The third kappa shape index (κ3) is 5.84. The Hall–Kier alpha value is -0.830. The van der Waals surface area contributed by atoms with Crippen LogP contribution in [0.5, 0.6) is 0 Å². The second-order valence-electron chi connectivity index (χ2n) is 7.97. The Morgan fingerprint density at radius 2 is 2.04 bits per heavy atom. The van der Waals surface area contributed by atoms with Gasteiger partial charge in [-0.05, 0) is 61.0 Å². The summed E-state index contributed by atoms with van der Waals surface area (Å²) in [5.41, 5.74) is 0.129. The second-order valence-corrected chi connectivity index (χ2v) is 9.12. The van der Waals surface area contributed by atoms with Crippen molar-refractivity contribution in [3.05, 3.63) is 24.3 Å². The van der Waals surface area contributed by atoms with E-state index in [0.717, 1.165) is 51.4 Å². The van der Waals surface area contributed by atoms with Gasteiger partial charge in [0.25, 0.3) is 0 Å². The van der Waals surface area contributed by atoms with Gasteiger partial charge >= 0.3 is 8.03 Å². The maximum Gasteiger partial charge on any atom is 0.505 e. The van der Waals surface area contributed by atoms with E-state index in [4.69, 9.17) is 4.89 Å². The Morgan fingerprint density at radius 1 is 1.31 bits per heavy atom. The van der Waals surface area contributed by atoms with Crippen LogP contribution in [0.25, 0.3) is 0 Å². The molecule has 5 heteroatoms. The van der Waals surface area contributed by atoms with E-state index < -0.39 is 8.03 Å². The molecule has 0 aromatic heterocycles. The normalized spacial score (nSPS) is 26.3. The third-order valence-electron chi connectivity index (χ3n) is 6.41. The molecule has 0 aromatic carbocycles. The van der Waals surface area contributed by atoms with Crippen molar-refractivity contribution in [2.24, 2.45) is 17.3 Å². The van der Waals surface area contributed by atoms with E-state index in [9.17, 15) is 14.5 Å². The fraction of sp³-hybridized carbons (Fsp3) is 0.762. The van der Waals surface area contributed by atoms with Crippen LogP contribution in [0.2, 0.25) is 0 Å². The van der Waals surface area contributed by atoms with Crippen LogP contribution in [0.15, 0.2) is 24.3 Å². The number of hydrogen-bond acceptors (Lipinski definition) is 3. The number of allylic oxidation sites excluding steroid dienone is 3. The van der Waals surface area contributed by atoms with Gasteiger partial charge in [-0.15, -0.1) is 0 Å². The number of ketones is 1. The van der Waals surface area contributed by atoms with Crippen LogP contribution < -0.4 is 0 Å². The number of rotatable bonds is 12. The molecule has 2 aliphatic rings. The molecule has 1 fully saturated rings. The zero-order valence-corrected chi connectivity index (χ0v) is 16.9. The molecule has 0 aromatic rings. The third-order valence-corrected chi connectivity index (χ3v) is 7.10. The Kier molecular flexibility index (Phi) is 8.66. The zero-order chi connectivity index (χ0) is 19.0. The topological polar surface area (TPSA) is 74.6 Å². The Balaban J connectivity index is 1.72. The van der Waals surface area contributed by atoms with E-state index in [1.165, 1.54) is 6.42 Å². The monoisotopic (exact) mass is 381 g/mol. The molecule has 26 heavy (non-hydrogen) atoms. The van der Waals surface area contributed by atoms with Crippen molar-refractivity contribution in [1.29, 1.82) is 0 Å². The highest BCUT2D eigenvalue weighted by atomic mass is 31.1. The van der Waals surface area contributed by atoms with E-state index in [-0.39, 0.29) is 29.1 Å². The van der Waals surface area contributed by atoms with Crippen molar-refractivity contribution in [3.63, 3.8) is 0 Å². The zero-order valence-electron chi connectivity index (χ0n) is 16.0.